The Bertz CT molecular complexity index is 1230. The first-order valence-corrected chi connectivity index (χ1v) is 12.3. The average Bonchev–Trinajstić information content (AvgIpc) is 3.31. The van der Waals surface area contributed by atoms with Crippen molar-refractivity contribution in [2.24, 2.45) is 0 Å². The molecule has 1 aliphatic heterocycles. The topological polar surface area (TPSA) is 94.2 Å². The van der Waals surface area contributed by atoms with Gasteiger partial charge in [-0.15, -0.1) is 0 Å². The Morgan fingerprint density at radius 2 is 1.71 bits per heavy atom. The van der Waals surface area contributed by atoms with Gasteiger partial charge in [-0.2, -0.15) is 4.31 Å². The summed E-state index contributed by atoms with van der Waals surface area (Å²) in [6.45, 7) is 2.48. The number of carbonyl (C=O) groups excluding carboxylic acids is 1. The zero-order valence-electron chi connectivity index (χ0n) is 18.8. The molecule has 0 bridgehead atoms. The van der Waals surface area contributed by atoms with Crippen molar-refractivity contribution in [2.75, 3.05) is 19.9 Å². The van der Waals surface area contributed by atoms with Gasteiger partial charge in [-0.1, -0.05) is 36.4 Å². The predicted octanol–water partition coefficient (Wildman–Crippen LogP) is 3.32. The lowest BCUT2D eigenvalue weighted by molar-refractivity contribution is -0.121. The highest BCUT2D eigenvalue weighted by atomic mass is 32.2. The van der Waals surface area contributed by atoms with Crippen molar-refractivity contribution in [1.29, 1.82) is 0 Å². The molecule has 1 heterocycles. The second-order valence-electron chi connectivity index (χ2n) is 7.63. The fourth-order valence-corrected chi connectivity index (χ4v) is 4.89. The number of ether oxygens (including phenoxy) is 3. The van der Waals surface area contributed by atoms with Crippen LogP contribution in [0.15, 0.2) is 77.7 Å². The van der Waals surface area contributed by atoms with E-state index in [0.29, 0.717) is 23.9 Å². The number of fused-ring (bicyclic) bond motifs is 1. The quantitative estimate of drug-likeness (QED) is 0.477. The molecule has 3 aromatic carbocycles. The maximum Gasteiger partial charge on any atom is 0.243 e. The third-order valence-corrected chi connectivity index (χ3v) is 7.03. The first-order chi connectivity index (χ1) is 16.5. The Hall–Kier alpha value is -3.56. The molecule has 0 unspecified atom stereocenters. The van der Waals surface area contributed by atoms with Gasteiger partial charge in [0.25, 0.3) is 0 Å². The van der Waals surface area contributed by atoms with Crippen LogP contribution in [0.4, 0.5) is 0 Å². The fourth-order valence-electron chi connectivity index (χ4n) is 3.50. The number of nitrogens with one attached hydrogen (secondary N) is 1. The standard InChI is InChI=1S/C25H26N2O6S/c1-2-31-21-9-11-22(12-10-21)34(29,30)27(16-19-6-4-3-5-7-19)17-25(28)26-15-20-8-13-23-24(14-20)33-18-32-23/h3-14H,2,15-18H2,1H3,(H,26,28). The van der Waals surface area contributed by atoms with E-state index in [-0.39, 0.29) is 31.3 Å². The molecule has 0 saturated heterocycles. The van der Waals surface area contributed by atoms with E-state index in [1.165, 1.54) is 16.4 Å². The van der Waals surface area contributed by atoms with Crippen molar-refractivity contribution >= 4 is 15.9 Å². The molecule has 1 N–H and O–H groups in total. The van der Waals surface area contributed by atoms with Crippen molar-refractivity contribution in [2.45, 2.75) is 24.9 Å². The Kier molecular flexibility index (Phi) is 7.34. The van der Waals surface area contributed by atoms with Gasteiger partial charge in [0.1, 0.15) is 5.75 Å². The summed E-state index contributed by atoms with van der Waals surface area (Å²) in [7, 11) is -3.94. The van der Waals surface area contributed by atoms with Crippen LogP contribution in [-0.4, -0.2) is 38.6 Å². The van der Waals surface area contributed by atoms with Crippen LogP contribution < -0.4 is 19.5 Å². The van der Waals surface area contributed by atoms with E-state index in [9.17, 15) is 13.2 Å². The van der Waals surface area contributed by atoms with Crippen LogP contribution in [0.25, 0.3) is 0 Å². The Morgan fingerprint density at radius 1 is 0.971 bits per heavy atom. The van der Waals surface area contributed by atoms with E-state index >= 15 is 0 Å². The molecule has 0 aromatic heterocycles. The van der Waals surface area contributed by atoms with Crippen LogP contribution in [0.5, 0.6) is 17.2 Å². The van der Waals surface area contributed by atoms with E-state index < -0.39 is 15.9 Å². The molecular weight excluding hydrogens is 456 g/mol. The molecule has 1 aliphatic rings. The van der Waals surface area contributed by atoms with Gasteiger partial charge in [-0.25, -0.2) is 8.42 Å². The number of sulfonamides is 1. The molecule has 1 amide bonds. The maximum absolute atomic E-state index is 13.4. The molecule has 0 fully saturated rings. The summed E-state index contributed by atoms with van der Waals surface area (Å²) in [4.78, 5) is 12.9. The van der Waals surface area contributed by atoms with Gasteiger partial charge in [0.2, 0.25) is 22.7 Å². The van der Waals surface area contributed by atoms with Gasteiger partial charge in [-0.05, 0) is 54.4 Å². The summed E-state index contributed by atoms with van der Waals surface area (Å²) in [5, 5.41) is 2.79. The normalized spacial score (nSPS) is 12.5. The van der Waals surface area contributed by atoms with Crippen LogP contribution in [0.3, 0.4) is 0 Å². The highest BCUT2D eigenvalue weighted by molar-refractivity contribution is 7.89. The molecule has 3 aromatic rings. The fraction of sp³-hybridized carbons (Fsp3) is 0.240. The van der Waals surface area contributed by atoms with Crippen LogP contribution >= 0.6 is 0 Å². The summed E-state index contributed by atoms with van der Waals surface area (Å²) in [6.07, 6.45) is 0. The summed E-state index contributed by atoms with van der Waals surface area (Å²) in [5.41, 5.74) is 1.60. The second-order valence-corrected chi connectivity index (χ2v) is 9.57. The van der Waals surface area contributed by atoms with Crippen molar-refractivity contribution in [3.8, 4) is 17.2 Å². The van der Waals surface area contributed by atoms with Crippen LogP contribution in [0.2, 0.25) is 0 Å². The second kappa shape index (κ2) is 10.6. The molecule has 8 nitrogen and oxygen atoms in total. The summed E-state index contributed by atoms with van der Waals surface area (Å²) >= 11 is 0. The van der Waals surface area contributed by atoms with Gasteiger partial charge in [0.05, 0.1) is 18.0 Å². The number of benzene rings is 3. The Labute approximate surface area is 199 Å². The Morgan fingerprint density at radius 3 is 2.44 bits per heavy atom. The molecule has 178 valence electrons. The van der Waals surface area contributed by atoms with E-state index in [1.807, 2.05) is 43.3 Å². The number of amides is 1. The number of hydrogen-bond donors (Lipinski definition) is 1. The zero-order chi connectivity index (χ0) is 24.0. The Balaban J connectivity index is 1.49. The smallest absolute Gasteiger partial charge is 0.243 e. The molecule has 0 aliphatic carbocycles. The largest absolute Gasteiger partial charge is 0.494 e. The number of rotatable bonds is 10. The lowest BCUT2D eigenvalue weighted by atomic mass is 10.2. The van der Waals surface area contributed by atoms with Crippen molar-refractivity contribution in [3.05, 3.63) is 83.9 Å². The van der Waals surface area contributed by atoms with Crippen LogP contribution in [-0.2, 0) is 27.9 Å². The van der Waals surface area contributed by atoms with Crippen molar-refractivity contribution in [3.63, 3.8) is 0 Å². The summed E-state index contributed by atoms with van der Waals surface area (Å²) in [6, 6.07) is 20.8. The highest BCUT2D eigenvalue weighted by Gasteiger charge is 2.27. The molecule has 0 atom stereocenters. The minimum Gasteiger partial charge on any atom is -0.494 e. The minimum absolute atomic E-state index is 0.0633. The van der Waals surface area contributed by atoms with Gasteiger partial charge in [0, 0.05) is 13.1 Å². The third-order valence-electron chi connectivity index (χ3n) is 5.22. The van der Waals surface area contributed by atoms with Gasteiger partial charge in [0.15, 0.2) is 11.5 Å². The SMILES string of the molecule is CCOc1ccc(S(=O)(=O)N(CC(=O)NCc2ccc3c(c2)OCO3)Cc2ccccc2)cc1. The molecule has 0 saturated carbocycles. The van der Waals surface area contributed by atoms with E-state index in [2.05, 4.69) is 5.32 Å². The average molecular weight is 483 g/mol. The maximum atomic E-state index is 13.4. The number of hydrogen-bond acceptors (Lipinski definition) is 6. The first-order valence-electron chi connectivity index (χ1n) is 10.9. The number of nitrogens with zero attached hydrogens (tertiary/aromatic N) is 1. The summed E-state index contributed by atoms with van der Waals surface area (Å²) < 4.78 is 44.1. The zero-order valence-corrected chi connectivity index (χ0v) is 19.6. The lowest BCUT2D eigenvalue weighted by Gasteiger charge is -2.22. The van der Waals surface area contributed by atoms with Gasteiger partial charge >= 0.3 is 0 Å². The number of carbonyl (C=O) groups is 1. The molecule has 0 spiro atoms. The minimum atomic E-state index is -3.94. The third kappa shape index (κ3) is 5.67. The van der Waals surface area contributed by atoms with Crippen molar-refractivity contribution < 1.29 is 27.4 Å². The highest BCUT2D eigenvalue weighted by Crippen LogP contribution is 2.32. The monoisotopic (exact) mass is 482 g/mol. The molecule has 9 heteroatoms. The summed E-state index contributed by atoms with van der Waals surface area (Å²) in [5.74, 6) is 1.45. The van der Waals surface area contributed by atoms with E-state index in [0.717, 1.165) is 11.1 Å². The van der Waals surface area contributed by atoms with Crippen LogP contribution in [0, 0.1) is 0 Å². The van der Waals surface area contributed by atoms with E-state index in [4.69, 9.17) is 14.2 Å². The lowest BCUT2D eigenvalue weighted by Crippen LogP contribution is -2.40. The first kappa shape index (κ1) is 23.6. The molecule has 4 rings (SSSR count). The van der Waals surface area contributed by atoms with Crippen LogP contribution in [0.1, 0.15) is 18.1 Å². The predicted molar refractivity (Wildman–Crippen MR) is 126 cm³/mol. The van der Waals surface area contributed by atoms with Gasteiger partial charge < -0.3 is 19.5 Å². The van der Waals surface area contributed by atoms with Gasteiger partial charge in [-0.3, -0.25) is 4.79 Å². The molecular formula is C25H26N2O6S. The van der Waals surface area contributed by atoms with E-state index in [1.54, 1.807) is 24.3 Å². The van der Waals surface area contributed by atoms with Crippen molar-refractivity contribution in [1.82, 2.24) is 9.62 Å². The molecule has 34 heavy (non-hydrogen) atoms. The molecule has 0 radical (unpaired) electrons.